The first kappa shape index (κ1) is 12.6. The highest BCUT2D eigenvalue weighted by atomic mass is 16.2. The topological polar surface area (TPSA) is 64.3 Å². The zero-order valence-electron chi connectivity index (χ0n) is 10.6. The van der Waals surface area contributed by atoms with E-state index in [1.54, 1.807) is 11.9 Å². The molecule has 0 atom stereocenters. The summed E-state index contributed by atoms with van der Waals surface area (Å²) in [7, 11) is 1.71. The molecule has 0 N–H and O–H groups in total. The number of nitrogens with zero attached hydrogens (tertiary/aromatic N) is 3. The highest BCUT2D eigenvalue weighted by Crippen LogP contribution is 2.25. The van der Waals surface area contributed by atoms with Gasteiger partial charge in [0.2, 0.25) is 5.91 Å². The van der Waals surface area contributed by atoms with Gasteiger partial charge in [-0.2, -0.15) is 0 Å². The van der Waals surface area contributed by atoms with Gasteiger partial charge < -0.3 is 9.47 Å². The van der Waals surface area contributed by atoms with Gasteiger partial charge in [-0.3, -0.25) is 14.2 Å². The fourth-order valence-corrected chi connectivity index (χ4v) is 1.86. The second-order valence-electron chi connectivity index (χ2n) is 4.54. The molecule has 98 valence electrons. The fourth-order valence-electron chi connectivity index (χ4n) is 1.86. The predicted octanol–water partition coefficient (Wildman–Crippen LogP) is -0.349. The monoisotopic (exact) mass is 251 g/mol. The fraction of sp³-hybridized carbons (Fsp3) is 0.583. The largest absolute Gasteiger partial charge is 0.341 e. The van der Waals surface area contributed by atoms with Crippen molar-refractivity contribution in [3.63, 3.8) is 0 Å². The Bertz CT molecular complexity index is 569. The lowest BCUT2D eigenvalue weighted by atomic mass is 10.4. The molecule has 6 heteroatoms. The predicted molar refractivity (Wildman–Crippen MR) is 66.4 cm³/mol. The Labute approximate surface area is 104 Å². The van der Waals surface area contributed by atoms with Gasteiger partial charge in [0.25, 0.3) is 5.56 Å². The molecule has 1 fully saturated rings. The summed E-state index contributed by atoms with van der Waals surface area (Å²) < 4.78 is 2.40. The maximum Gasteiger partial charge on any atom is 0.331 e. The van der Waals surface area contributed by atoms with Crippen LogP contribution in [-0.4, -0.2) is 33.0 Å². The Balaban J connectivity index is 2.25. The van der Waals surface area contributed by atoms with Gasteiger partial charge in [-0.25, -0.2) is 4.79 Å². The van der Waals surface area contributed by atoms with E-state index in [2.05, 4.69) is 0 Å². The summed E-state index contributed by atoms with van der Waals surface area (Å²) in [5.74, 6) is -0.189. The van der Waals surface area contributed by atoms with Gasteiger partial charge in [-0.1, -0.05) is 0 Å². The molecule has 0 radical (unpaired) electrons. The van der Waals surface area contributed by atoms with Crippen molar-refractivity contribution in [3.05, 3.63) is 33.1 Å². The lowest BCUT2D eigenvalue weighted by molar-refractivity contribution is -0.131. The summed E-state index contributed by atoms with van der Waals surface area (Å²) in [6, 6.07) is 1.60. The van der Waals surface area contributed by atoms with Crippen molar-refractivity contribution in [2.24, 2.45) is 0 Å². The number of hydrogen-bond acceptors (Lipinski definition) is 3. The van der Waals surface area contributed by atoms with Gasteiger partial charge >= 0.3 is 5.69 Å². The van der Waals surface area contributed by atoms with Crippen LogP contribution in [0.3, 0.4) is 0 Å². The molecular formula is C12H17N3O3. The number of amides is 1. The van der Waals surface area contributed by atoms with E-state index in [1.165, 1.54) is 16.8 Å². The van der Waals surface area contributed by atoms with Crippen LogP contribution in [-0.2, 0) is 17.9 Å². The summed E-state index contributed by atoms with van der Waals surface area (Å²) in [4.78, 5) is 37.1. The third kappa shape index (κ3) is 2.37. The third-order valence-corrected chi connectivity index (χ3v) is 3.26. The van der Waals surface area contributed by atoms with E-state index >= 15 is 0 Å². The molecule has 18 heavy (non-hydrogen) atoms. The van der Waals surface area contributed by atoms with E-state index in [0.717, 1.165) is 17.4 Å². The van der Waals surface area contributed by atoms with Gasteiger partial charge in [0.15, 0.2) is 0 Å². The van der Waals surface area contributed by atoms with Crippen molar-refractivity contribution in [1.82, 2.24) is 14.0 Å². The van der Waals surface area contributed by atoms with E-state index in [0.29, 0.717) is 6.54 Å². The minimum atomic E-state index is -0.428. The number of carbonyl (C=O) groups is 1. The first-order valence-corrected chi connectivity index (χ1v) is 6.10. The molecule has 1 aromatic rings. The normalized spacial score (nSPS) is 14.6. The molecule has 2 rings (SSSR count). The average Bonchev–Trinajstić information content (AvgIpc) is 3.17. The van der Waals surface area contributed by atoms with E-state index < -0.39 is 11.2 Å². The van der Waals surface area contributed by atoms with Crippen molar-refractivity contribution in [1.29, 1.82) is 0 Å². The van der Waals surface area contributed by atoms with Crippen LogP contribution >= 0.6 is 0 Å². The van der Waals surface area contributed by atoms with Crippen molar-refractivity contribution in [2.45, 2.75) is 38.9 Å². The number of aromatic nitrogens is 2. The maximum absolute atomic E-state index is 11.9. The lowest BCUT2D eigenvalue weighted by Crippen LogP contribution is -2.43. The van der Waals surface area contributed by atoms with Gasteiger partial charge in [0, 0.05) is 31.9 Å². The molecule has 6 nitrogen and oxygen atoms in total. The molecule has 1 aromatic heterocycles. The SMILES string of the molecule is CCn1ccc(=O)n(CC(=O)N(C)C2CC2)c1=O. The van der Waals surface area contributed by atoms with Gasteiger partial charge in [-0.15, -0.1) is 0 Å². The average molecular weight is 251 g/mol. The molecule has 1 amide bonds. The first-order valence-electron chi connectivity index (χ1n) is 6.10. The van der Waals surface area contributed by atoms with Gasteiger partial charge in [0.1, 0.15) is 6.54 Å². The highest BCUT2D eigenvalue weighted by Gasteiger charge is 2.29. The van der Waals surface area contributed by atoms with E-state index in [9.17, 15) is 14.4 Å². The number of carbonyl (C=O) groups excluding carboxylic acids is 1. The molecule has 0 saturated heterocycles. The van der Waals surface area contributed by atoms with Crippen LogP contribution in [0.5, 0.6) is 0 Å². The Kier molecular flexibility index (Phi) is 3.36. The van der Waals surface area contributed by atoms with Crippen molar-refractivity contribution < 1.29 is 4.79 Å². The van der Waals surface area contributed by atoms with Crippen molar-refractivity contribution in [3.8, 4) is 0 Å². The molecular weight excluding hydrogens is 234 g/mol. The molecule has 1 aliphatic carbocycles. The number of aryl methyl sites for hydroxylation is 1. The van der Waals surface area contributed by atoms with Crippen LogP contribution in [0.4, 0.5) is 0 Å². The second-order valence-corrected chi connectivity index (χ2v) is 4.54. The molecule has 1 saturated carbocycles. The molecule has 0 bridgehead atoms. The van der Waals surface area contributed by atoms with E-state index in [1.807, 2.05) is 6.92 Å². The Morgan fingerprint density at radius 1 is 1.44 bits per heavy atom. The minimum Gasteiger partial charge on any atom is -0.341 e. The molecule has 0 aromatic carbocycles. The summed E-state index contributed by atoms with van der Waals surface area (Å²) in [5.41, 5.74) is -0.857. The van der Waals surface area contributed by atoms with Crippen LogP contribution in [0.2, 0.25) is 0 Å². The zero-order valence-corrected chi connectivity index (χ0v) is 10.6. The number of hydrogen-bond donors (Lipinski definition) is 0. The Morgan fingerprint density at radius 3 is 2.67 bits per heavy atom. The molecule has 0 spiro atoms. The van der Waals surface area contributed by atoms with E-state index in [-0.39, 0.29) is 18.5 Å². The summed E-state index contributed by atoms with van der Waals surface area (Å²) >= 11 is 0. The molecule has 0 unspecified atom stereocenters. The second kappa shape index (κ2) is 4.80. The van der Waals surface area contributed by atoms with Gasteiger partial charge in [0.05, 0.1) is 0 Å². The molecule has 1 aliphatic rings. The minimum absolute atomic E-state index is 0.175. The summed E-state index contributed by atoms with van der Waals surface area (Å²) in [6.45, 7) is 2.12. The maximum atomic E-state index is 11.9. The van der Waals surface area contributed by atoms with Crippen molar-refractivity contribution in [2.75, 3.05) is 7.05 Å². The van der Waals surface area contributed by atoms with E-state index in [4.69, 9.17) is 0 Å². The van der Waals surface area contributed by atoms with Crippen LogP contribution in [0.1, 0.15) is 19.8 Å². The zero-order chi connectivity index (χ0) is 13.3. The van der Waals surface area contributed by atoms with Crippen LogP contribution in [0, 0.1) is 0 Å². The Morgan fingerprint density at radius 2 is 2.11 bits per heavy atom. The quantitative estimate of drug-likeness (QED) is 0.734. The number of likely N-dealkylation sites (N-methyl/N-ethyl adjacent to an activating group) is 1. The van der Waals surface area contributed by atoms with Crippen molar-refractivity contribution >= 4 is 5.91 Å². The van der Waals surface area contributed by atoms with Crippen LogP contribution in [0.25, 0.3) is 0 Å². The lowest BCUT2D eigenvalue weighted by Gasteiger charge is -2.16. The summed E-state index contributed by atoms with van der Waals surface area (Å²) in [5, 5.41) is 0. The summed E-state index contributed by atoms with van der Waals surface area (Å²) in [6.07, 6.45) is 3.46. The smallest absolute Gasteiger partial charge is 0.331 e. The highest BCUT2D eigenvalue weighted by molar-refractivity contribution is 5.76. The first-order chi connectivity index (χ1) is 8.54. The number of rotatable bonds is 4. The van der Waals surface area contributed by atoms with Crippen LogP contribution in [0.15, 0.2) is 21.9 Å². The standard InChI is InChI=1S/C12H17N3O3/c1-3-14-7-6-10(16)15(12(14)18)8-11(17)13(2)9-4-5-9/h6-7,9H,3-5,8H2,1-2H3. The molecule has 1 heterocycles. The van der Waals surface area contributed by atoms with Crippen LogP contribution < -0.4 is 11.2 Å². The Hall–Kier alpha value is -1.85. The van der Waals surface area contributed by atoms with Gasteiger partial charge in [-0.05, 0) is 19.8 Å². The third-order valence-electron chi connectivity index (χ3n) is 3.26. The molecule has 0 aliphatic heterocycles.